The molecule has 0 bridgehead atoms. The van der Waals surface area contributed by atoms with Gasteiger partial charge in [0.15, 0.2) is 0 Å². The van der Waals surface area contributed by atoms with Crippen molar-refractivity contribution in [1.82, 2.24) is 4.90 Å². The monoisotopic (exact) mass is 230 g/mol. The van der Waals surface area contributed by atoms with E-state index in [4.69, 9.17) is 15.2 Å². The first-order chi connectivity index (χ1) is 7.44. The lowest BCUT2D eigenvalue weighted by Gasteiger charge is -2.36. The van der Waals surface area contributed by atoms with E-state index in [-0.39, 0.29) is 11.7 Å². The van der Waals surface area contributed by atoms with E-state index in [2.05, 4.69) is 18.7 Å². The zero-order chi connectivity index (χ0) is 12.2. The van der Waals surface area contributed by atoms with Crippen LogP contribution in [-0.4, -0.2) is 55.5 Å². The zero-order valence-corrected chi connectivity index (χ0v) is 11.0. The van der Waals surface area contributed by atoms with Crippen molar-refractivity contribution in [3.05, 3.63) is 0 Å². The van der Waals surface area contributed by atoms with Crippen LogP contribution in [0.25, 0.3) is 0 Å². The molecule has 96 valence electrons. The summed E-state index contributed by atoms with van der Waals surface area (Å²) in [5.74, 6) is 0. The van der Waals surface area contributed by atoms with Gasteiger partial charge in [0.2, 0.25) is 0 Å². The van der Waals surface area contributed by atoms with Crippen LogP contribution >= 0.6 is 0 Å². The van der Waals surface area contributed by atoms with E-state index < -0.39 is 0 Å². The quantitative estimate of drug-likeness (QED) is 0.760. The highest BCUT2D eigenvalue weighted by molar-refractivity contribution is 4.76. The van der Waals surface area contributed by atoms with E-state index >= 15 is 0 Å². The van der Waals surface area contributed by atoms with Crippen LogP contribution in [-0.2, 0) is 9.47 Å². The summed E-state index contributed by atoms with van der Waals surface area (Å²) in [6, 6.07) is 0.578. The molecule has 1 aliphatic heterocycles. The van der Waals surface area contributed by atoms with Gasteiger partial charge in [0.25, 0.3) is 0 Å². The standard InChI is InChI=1S/C12H26N2O2/c1-10(2)14-5-6-15-11(7-14)8-16-12(3,4)9-13/h10-11H,5-9,13H2,1-4H3. The molecule has 1 fully saturated rings. The van der Waals surface area contributed by atoms with Crippen molar-refractivity contribution in [2.24, 2.45) is 5.73 Å². The molecule has 0 aliphatic carbocycles. The molecular weight excluding hydrogens is 204 g/mol. The van der Waals surface area contributed by atoms with Crippen LogP contribution < -0.4 is 5.73 Å². The summed E-state index contributed by atoms with van der Waals surface area (Å²) in [6.07, 6.45) is 0.182. The van der Waals surface area contributed by atoms with Crippen molar-refractivity contribution >= 4 is 0 Å². The van der Waals surface area contributed by atoms with Gasteiger partial charge in [0.05, 0.1) is 24.9 Å². The maximum atomic E-state index is 5.77. The van der Waals surface area contributed by atoms with Crippen LogP contribution in [0.5, 0.6) is 0 Å². The summed E-state index contributed by atoms with van der Waals surface area (Å²) in [5.41, 5.74) is 5.37. The molecule has 0 aromatic heterocycles. The van der Waals surface area contributed by atoms with Gasteiger partial charge < -0.3 is 15.2 Å². The third kappa shape index (κ3) is 4.37. The van der Waals surface area contributed by atoms with Crippen molar-refractivity contribution in [1.29, 1.82) is 0 Å². The molecular formula is C12H26N2O2. The van der Waals surface area contributed by atoms with Crippen LogP contribution in [0.2, 0.25) is 0 Å². The van der Waals surface area contributed by atoms with E-state index in [1.165, 1.54) is 0 Å². The topological polar surface area (TPSA) is 47.7 Å². The largest absolute Gasteiger partial charge is 0.373 e. The molecule has 1 rings (SSSR count). The maximum Gasteiger partial charge on any atom is 0.0936 e. The smallest absolute Gasteiger partial charge is 0.0936 e. The number of nitrogens with zero attached hydrogens (tertiary/aromatic N) is 1. The number of hydrogen-bond donors (Lipinski definition) is 1. The lowest BCUT2D eigenvalue weighted by Crippen LogP contribution is -2.48. The summed E-state index contributed by atoms with van der Waals surface area (Å²) in [6.45, 7) is 12.4. The molecule has 0 aromatic carbocycles. The fourth-order valence-electron chi connectivity index (χ4n) is 1.69. The minimum absolute atomic E-state index is 0.182. The van der Waals surface area contributed by atoms with E-state index in [1.807, 2.05) is 13.8 Å². The van der Waals surface area contributed by atoms with Gasteiger partial charge in [-0.15, -0.1) is 0 Å². The first-order valence-electron chi connectivity index (χ1n) is 6.14. The first kappa shape index (κ1) is 13.9. The average molecular weight is 230 g/mol. The van der Waals surface area contributed by atoms with Crippen molar-refractivity contribution in [2.75, 3.05) is 32.8 Å². The molecule has 4 heteroatoms. The highest BCUT2D eigenvalue weighted by atomic mass is 16.5. The van der Waals surface area contributed by atoms with E-state index in [0.29, 0.717) is 19.2 Å². The number of nitrogens with two attached hydrogens (primary N) is 1. The van der Waals surface area contributed by atoms with Gasteiger partial charge in [-0.05, 0) is 27.7 Å². The molecule has 1 aliphatic rings. The van der Waals surface area contributed by atoms with Gasteiger partial charge in [-0.1, -0.05) is 0 Å². The Kier molecular flexibility index (Phi) is 5.18. The number of morpholine rings is 1. The van der Waals surface area contributed by atoms with Crippen molar-refractivity contribution in [3.63, 3.8) is 0 Å². The Morgan fingerprint density at radius 2 is 2.19 bits per heavy atom. The molecule has 0 aromatic rings. The Hall–Kier alpha value is -0.160. The van der Waals surface area contributed by atoms with Gasteiger partial charge in [-0.2, -0.15) is 0 Å². The highest BCUT2D eigenvalue weighted by Gasteiger charge is 2.25. The Balaban J connectivity index is 2.32. The third-order valence-electron chi connectivity index (χ3n) is 3.05. The number of rotatable bonds is 5. The molecule has 16 heavy (non-hydrogen) atoms. The Morgan fingerprint density at radius 1 is 1.50 bits per heavy atom. The molecule has 0 amide bonds. The van der Waals surface area contributed by atoms with Gasteiger partial charge >= 0.3 is 0 Å². The summed E-state index contributed by atoms with van der Waals surface area (Å²) in [4.78, 5) is 2.42. The molecule has 0 saturated carbocycles. The second-order valence-corrected chi connectivity index (χ2v) is 5.36. The van der Waals surface area contributed by atoms with Gasteiger partial charge in [-0.25, -0.2) is 0 Å². The number of hydrogen-bond acceptors (Lipinski definition) is 4. The molecule has 1 heterocycles. The summed E-state index contributed by atoms with van der Waals surface area (Å²) >= 11 is 0. The van der Waals surface area contributed by atoms with Crippen molar-refractivity contribution in [2.45, 2.75) is 45.4 Å². The lowest BCUT2D eigenvalue weighted by molar-refractivity contribution is -0.109. The van der Waals surface area contributed by atoms with Crippen molar-refractivity contribution in [3.8, 4) is 0 Å². The van der Waals surface area contributed by atoms with Crippen LogP contribution in [0, 0.1) is 0 Å². The van der Waals surface area contributed by atoms with E-state index in [1.54, 1.807) is 0 Å². The molecule has 2 N–H and O–H groups in total. The molecule has 0 radical (unpaired) electrons. The molecule has 1 saturated heterocycles. The van der Waals surface area contributed by atoms with Crippen LogP contribution in [0.1, 0.15) is 27.7 Å². The highest BCUT2D eigenvalue weighted by Crippen LogP contribution is 2.12. The summed E-state index contributed by atoms with van der Waals surface area (Å²) < 4.78 is 11.5. The predicted octanol–water partition coefficient (Wildman–Crippen LogP) is 0.850. The fourth-order valence-corrected chi connectivity index (χ4v) is 1.69. The maximum absolute atomic E-state index is 5.77. The summed E-state index contributed by atoms with van der Waals surface area (Å²) in [7, 11) is 0. The lowest BCUT2D eigenvalue weighted by atomic mass is 10.1. The van der Waals surface area contributed by atoms with E-state index in [0.717, 1.165) is 19.7 Å². The second-order valence-electron chi connectivity index (χ2n) is 5.36. The SMILES string of the molecule is CC(C)N1CCOC(COC(C)(C)CN)C1. The first-order valence-corrected chi connectivity index (χ1v) is 6.14. The second kappa shape index (κ2) is 5.96. The van der Waals surface area contributed by atoms with Gasteiger partial charge in [-0.3, -0.25) is 4.90 Å². The molecule has 1 unspecified atom stereocenters. The molecule has 0 spiro atoms. The van der Waals surface area contributed by atoms with Crippen LogP contribution in [0.4, 0.5) is 0 Å². The van der Waals surface area contributed by atoms with E-state index in [9.17, 15) is 0 Å². The Bertz CT molecular complexity index is 207. The van der Waals surface area contributed by atoms with Gasteiger partial charge in [0, 0.05) is 25.7 Å². The van der Waals surface area contributed by atoms with Crippen LogP contribution in [0.15, 0.2) is 0 Å². The predicted molar refractivity (Wildman–Crippen MR) is 65.5 cm³/mol. The normalized spacial score (nSPS) is 24.0. The molecule has 1 atom stereocenters. The van der Waals surface area contributed by atoms with Crippen LogP contribution in [0.3, 0.4) is 0 Å². The third-order valence-corrected chi connectivity index (χ3v) is 3.05. The average Bonchev–Trinajstić information content (AvgIpc) is 2.27. The van der Waals surface area contributed by atoms with Gasteiger partial charge in [0.1, 0.15) is 0 Å². The summed E-state index contributed by atoms with van der Waals surface area (Å²) in [5, 5.41) is 0. The van der Waals surface area contributed by atoms with Crippen molar-refractivity contribution < 1.29 is 9.47 Å². The minimum atomic E-state index is -0.247. The Labute approximate surface area is 99.1 Å². The fraction of sp³-hybridized carbons (Fsp3) is 1.00. The minimum Gasteiger partial charge on any atom is -0.373 e. The zero-order valence-electron chi connectivity index (χ0n) is 11.0. The number of ether oxygens (including phenoxy) is 2. The Morgan fingerprint density at radius 3 is 2.75 bits per heavy atom. The molecule has 4 nitrogen and oxygen atoms in total.